The largest absolute Gasteiger partial charge is 0.463 e. The molecule has 0 radical (unpaired) electrons. The number of nitrogens with zero attached hydrogens (tertiary/aromatic N) is 1. The van der Waals surface area contributed by atoms with Gasteiger partial charge in [0.15, 0.2) is 0 Å². The van der Waals surface area contributed by atoms with Gasteiger partial charge in [-0.1, -0.05) is 18.2 Å². The molecule has 0 aliphatic carbocycles. The fourth-order valence-corrected chi connectivity index (χ4v) is 1.62. The van der Waals surface area contributed by atoms with Gasteiger partial charge in [-0.3, -0.25) is 4.98 Å². The van der Waals surface area contributed by atoms with E-state index in [9.17, 15) is 4.79 Å². The van der Waals surface area contributed by atoms with Crippen molar-refractivity contribution in [3.05, 3.63) is 48.2 Å². The van der Waals surface area contributed by atoms with E-state index in [0.29, 0.717) is 6.61 Å². The molecule has 0 amide bonds. The predicted molar refractivity (Wildman–Crippen MR) is 67.4 cm³/mol. The molecule has 2 rings (SSSR count). The Balaban J connectivity index is 2.33. The Hall–Kier alpha value is -2.16. The summed E-state index contributed by atoms with van der Waals surface area (Å²) < 4.78 is 4.83. The summed E-state index contributed by atoms with van der Waals surface area (Å²) in [4.78, 5) is 15.5. The Morgan fingerprint density at radius 2 is 2.24 bits per heavy atom. The van der Waals surface area contributed by atoms with E-state index in [1.54, 1.807) is 19.2 Å². The van der Waals surface area contributed by atoms with Gasteiger partial charge in [-0.25, -0.2) is 4.79 Å². The van der Waals surface area contributed by atoms with Gasteiger partial charge in [0.05, 0.1) is 12.1 Å². The number of aromatic nitrogens is 1. The van der Waals surface area contributed by atoms with Crippen LogP contribution in [0, 0.1) is 0 Å². The topological polar surface area (TPSA) is 39.2 Å². The van der Waals surface area contributed by atoms with E-state index in [4.69, 9.17) is 4.74 Å². The highest BCUT2D eigenvalue weighted by molar-refractivity contribution is 5.93. The van der Waals surface area contributed by atoms with E-state index in [1.807, 2.05) is 30.3 Å². The van der Waals surface area contributed by atoms with Gasteiger partial charge in [0.25, 0.3) is 0 Å². The Kier molecular flexibility index (Phi) is 3.50. The van der Waals surface area contributed by atoms with Crippen LogP contribution in [0.2, 0.25) is 0 Å². The Morgan fingerprint density at radius 3 is 3.06 bits per heavy atom. The minimum atomic E-state index is -0.326. The number of carbonyl (C=O) groups excluding carboxylic acids is 1. The lowest BCUT2D eigenvalue weighted by atomic mass is 10.1. The molecular formula is C14H13NO2. The van der Waals surface area contributed by atoms with Gasteiger partial charge in [-0.2, -0.15) is 0 Å². The first-order valence-electron chi connectivity index (χ1n) is 5.50. The molecule has 0 unspecified atom stereocenters. The van der Waals surface area contributed by atoms with E-state index in [0.717, 1.165) is 16.5 Å². The van der Waals surface area contributed by atoms with Gasteiger partial charge in [0.2, 0.25) is 0 Å². The van der Waals surface area contributed by atoms with Crippen LogP contribution in [-0.2, 0) is 9.53 Å². The van der Waals surface area contributed by atoms with Crippen LogP contribution < -0.4 is 0 Å². The number of benzene rings is 1. The van der Waals surface area contributed by atoms with Crippen molar-refractivity contribution in [2.24, 2.45) is 0 Å². The second-order valence-electron chi connectivity index (χ2n) is 3.50. The van der Waals surface area contributed by atoms with Gasteiger partial charge in [0, 0.05) is 17.7 Å². The summed E-state index contributed by atoms with van der Waals surface area (Å²) in [5.74, 6) is -0.326. The average molecular weight is 227 g/mol. The second-order valence-corrected chi connectivity index (χ2v) is 3.50. The maximum Gasteiger partial charge on any atom is 0.330 e. The van der Waals surface area contributed by atoms with E-state index in [2.05, 4.69) is 4.98 Å². The fourth-order valence-electron chi connectivity index (χ4n) is 1.62. The smallest absolute Gasteiger partial charge is 0.330 e. The molecule has 0 N–H and O–H groups in total. The third kappa shape index (κ3) is 2.69. The summed E-state index contributed by atoms with van der Waals surface area (Å²) in [7, 11) is 0. The zero-order valence-corrected chi connectivity index (χ0v) is 9.59. The van der Waals surface area contributed by atoms with E-state index >= 15 is 0 Å². The number of rotatable bonds is 3. The highest BCUT2D eigenvalue weighted by atomic mass is 16.5. The van der Waals surface area contributed by atoms with Crippen LogP contribution in [0.4, 0.5) is 0 Å². The summed E-state index contributed by atoms with van der Waals surface area (Å²) in [6, 6.07) is 9.66. The van der Waals surface area contributed by atoms with Gasteiger partial charge in [0.1, 0.15) is 0 Å². The molecule has 1 heterocycles. The highest BCUT2D eigenvalue weighted by Gasteiger charge is 1.99. The lowest BCUT2D eigenvalue weighted by molar-refractivity contribution is -0.137. The van der Waals surface area contributed by atoms with Crippen molar-refractivity contribution in [2.45, 2.75) is 6.92 Å². The number of hydrogen-bond donors (Lipinski definition) is 0. The molecule has 0 bridgehead atoms. The standard InChI is InChI=1S/C14H13NO2/c1-2-17-14(16)9-8-11-5-3-7-13-12(11)6-4-10-15-13/h3-10H,2H2,1H3. The quantitative estimate of drug-likeness (QED) is 0.598. The van der Waals surface area contributed by atoms with E-state index < -0.39 is 0 Å². The molecule has 0 fully saturated rings. The number of carbonyl (C=O) groups is 1. The van der Waals surface area contributed by atoms with Crippen molar-refractivity contribution >= 4 is 22.9 Å². The van der Waals surface area contributed by atoms with Crippen LogP contribution in [0.1, 0.15) is 12.5 Å². The molecule has 1 aromatic heterocycles. The molecule has 0 spiro atoms. The normalized spacial score (nSPS) is 10.9. The molecule has 86 valence electrons. The van der Waals surface area contributed by atoms with Crippen molar-refractivity contribution in [3.8, 4) is 0 Å². The molecule has 1 aromatic carbocycles. The second kappa shape index (κ2) is 5.25. The molecule has 3 heteroatoms. The first-order chi connectivity index (χ1) is 8.31. The number of fused-ring (bicyclic) bond motifs is 1. The molecule has 0 aliphatic heterocycles. The first kappa shape index (κ1) is 11.3. The van der Waals surface area contributed by atoms with E-state index in [1.165, 1.54) is 6.08 Å². The zero-order valence-electron chi connectivity index (χ0n) is 9.59. The van der Waals surface area contributed by atoms with Crippen molar-refractivity contribution < 1.29 is 9.53 Å². The van der Waals surface area contributed by atoms with E-state index in [-0.39, 0.29) is 5.97 Å². The van der Waals surface area contributed by atoms with Crippen molar-refractivity contribution in [3.63, 3.8) is 0 Å². The summed E-state index contributed by atoms with van der Waals surface area (Å²) in [5.41, 5.74) is 1.88. The summed E-state index contributed by atoms with van der Waals surface area (Å²) in [6.45, 7) is 2.17. The zero-order chi connectivity index (χ0) is 12.1. The van der Waals surface area contributed by atoms with Gasteiger partial charge < -0.3 is 4.74 Å². The summed E-state index contributed by atoms with van der Waals surface area (Å²) >= 11 is 0. The van der Waals surface area contributed by atoms with Crippen molar-refractivity contribution in [1.82, 2.24) is 4.98 Å². The predicted octanol–water partition coefficient (Wildman–Crippen LogP) is 2.81. The minimum absolute atomic E-state index is 0.326. The third-order valence-corrected chi connectivity index (χ3v) is 2.36. The van der Waals surface area contributed by atoms with Crippen LogP contribution in [0.3, 0.4) is 0 Å². The number of esters is 1. The summed E-state index contributed by atoms with van der Waals surface area (Å²) in [6.07, 6.45) is 4.94. The third-order valence-electron chi connectivity index (χ3n) is 2.36. The maximum absolute atomic E-state index is 11.2. The van der Waals surface area contributed by atoms with Gasteiger partial charge >= 0.3 is 5.97 Å². The average Bonchev–Trinajstić information content (AvgIpc) is 2.36. The van der Waals surface area contributed by atoms with Gasteiger partial charge in [-0.15, -0.1) is 0 Å². The highest BCUT2D eigenvalue weighted by Crippen LogP contribution is 2.17. The Labute approximate surface area is 99.7 Å². The minimum Gasteiger partial charge on any atom is -0.463 e. The monoisotopic (exact) mass is 227 g/mol. The fraction of sp³-hybridized carbons (Fsp3) is 0.143. The molecule has 0 saturated carbocycles. The molecule has 2 aromatic rings. The first-order valence-corrected chi connectivity index (χ1v) is 5.50. The Morgan fingerprint density at radius 1 is 1.35 bits per heavy atom. The molecule has 3 nitrogen and oxygen atoms in total. The SMILES string of the molecule is CCOC(=O)C=Cc1cccc2ncccc12. The Bertz CT molecular complexity index is 556. The van der Waals surface area contributed by atoms with Crippen LogP contribution in [-0.4, -0.2) is 17.6 Å². The molecule has 17 heavy (non-hydrogen) atoms. The molecule has 0 saturated heterocycles. The van der Waals surface area contributed by atoms with Crippen molar-refractivity contribution in [1.29, 1.82) is 0 Å². The maximum atomic E-state index is 11.2. The summed E-state index contributed by atoms with van der Waals surface area (Å²) in [5, 5.41) is 1.02. The molecular weight excluding hydrogens is 214 g/mol. The lowest BCUT2D eigenvalue weighted by Crippen LogP contribution is -1.98. The lowest BCUT2D eigenvalue weighted by Gasteiger charge is -2.00. The number of pyridine rings is 1. The van der Waals surface area contributed by atoms with Crippen LogP contribution in [0.25, 0.3) is 17.0 Å². The number of ether oxygens (including phenoxy) is 1. The van der Waals surface area contributed by atoms with Gasteiger partial charge in [-0.05, 0) is 30.7 Å². The number of hydrogen-bond acceptors (Lipinski definition) is 3. The van der Waals surface area contributed by atoms with Crippen LogP contribution in [0.5, 0.6) is 0 Å². The molecule has 0 aliphatic rings. The molecule has 0 atom stereocenters. The van der Waals surface area contributed by atoms with Crippen LogP contribution in [0.15, 0.2) is 42.6 Å². The van der Waals surface area contributed by atoms with Crippen molar-refractivity contribution in [2.75, 3.05) is 6.61 Å². The van der Waals surface area contributed by atoms with Crippen LogP contribution >= 0.6 is 0 Å².